The molecule has 25 heavy (non-hydrogen) atoms. The molecule has 3 aromatic rings. The number of azo groups is 1. The Morgan fingerprint density at radius 2 is 2.00 bits per heavy atom. The van der Waals surface area contributed by atoms with E-state index >= 15 is 0 Å². The number of aromatic nitrogens is 1. The number of fused-ring (bicyclic) bond motifs is 1. The van der Waals surface area contributed by atoms with E-state index in [0.717, 1.165) is 4.47 Å². The fourth-order valence-corrected chi connectivity index (χ4v) is 2.88. The van der Waals surface area contributed by atoms with E-state index in [9.17, 15) is 9.90 Å². The molecule has 0 fully saturated rings. The van der Waals surface area contributed by atoms with Gasteiger partial charge in [0.15, 0.2) is 5.69 Å². The van der Waals surface area contributed by atoms with Crippen LogP contribution in [-0.2, 0) is 6.54 Å². The molecule has 0 saturated carbocycles. The predicted molar refractivity (Wildman–Crippen MR) is 100 cm³/mol. The van der Waals surface area contributed by atoms with E-state index in [4.69, 9.17) is 18.0 Å². The van der Waals surface area contributed by atoms with Gasteiger partial charge in [0.1, 0.15) is 0 Å². The fourth-order valence-electron chi connectivity index (χ4n) is 2.39. The van der Waals surface area contributed by atoms with Gasteiger partial charge >= 0.3 is 0 Å². The molecule has 3 rings (SSSR count). The van der Waals surface area contributed by atoms with Crippen LogP contribution >= 0.6 is 27.5 Å². The number of hydrogen-bond acceptors (Lipinski definition) is 3. The van der Waals surface area contributed by atoms with Gasteiger partial charge in [-0.05, 0) is 42.5 Å². The van der Waals surface area contributed by atoms with Gasteiger partial charge in [0.05, 0.1) is 12.1 Å². The predicted octanol–water partition coefficient (Wildman–Crippen LogP) is 5.32. The first kappa shape index (κ1) is 17.2. The van der Waals surface area contributed by atoms with Crippen LogP contribution in [0.15, 0.2) is 57.2 Å². The minimum Gasteiger partial charge on any atom is -0.493 e. The first-order chi connectivity index (χ1) is 12.0. The highest BCUT2D eigenvalue weighted by atomic mass is 79.9. The molecule has 0 aliphatic heterocycles. The zero-order valence-corrected chi connectivity index (χ0v) is 15.1. The Morgan fingerprint density at radius 3 is 2.68 bits per heavy atom. The molecule has 0 unspecified atom stereocenters. The third-order valence-electron chi connectivity index (χ3n) is 3.55. The van der Waals surface area contributed by atoms with Crippen LogP contribution in [0.25, 0.3) is 10.9 Å². The Hall–Kier alpha value is -2.62. The monoisotopic (exact) mass is 415 g/mol. The third kappa shape index (κ3) is 3.43. The number of amides is 1. The van der Waals surface area contributed by atoms with Crippen molar-refractivity contribution in [2.45, 2.75) is 6.54 Å². The van der Waals surface area contributed by atoms with Crippen LogP contribution in [-0.4, -0.2) is 15.6 Å². The van der Waals surface area contributed by atoms with Crippen LogP contribution in [0.2, 0.25) is 5.02 Å². The molecule has 0 aliphatic rings. The van der Waals surface area contributed by atoms with Gasteiger partial charge in [0.25, 0.3) is 5.91 Å². The highest BCUT2D eigenvalue weighted by Gasteiger charge is 2.17. The standard InChI is InChI=1S/C18H11BrClN3O2/c1-2-9-23-15-8-5-12(19)10-14(15)16(18(23)25)21-22-17(24)11-3-6-13(20)7-4-11/h1,3-8,10,25H,9H2. The minimum absolute atomic E-state index is 0.140. The van der Waals surface area contributed by atoms with Gasteiger partial charge < -0.3 is 5.11 Å². The van der Waals surface area contributed by atoms with Crippen molar-refractivity contribution < 1.29 is 9.90 Å². The van der Waals surface area contributed by atoms with E-state index in [1.165, 1.54) is 4.57 Å². The van der Waals surface area contributed by atoms with E-state index in [2.05, 4.69) is 32.1 Å². The van der Waals surface area contributed by atoms with Gasteiger partial charge in [0.2, 0.25) is 5.88 Å². The Kier molecular flexibility index (Phi) is 4.88. The smallest absolute Gasteiger partial charge is 0.295 e. The van der Waals surface area contributed by atoms with E-state index in [1.54, 1.807) is 36.4 Å². The van der Waals surface area contributed by atoms with Crippen molar-refractivity contribution in [1.29, 1.82) is 0 Å². The lowest BCUT2D eigenvalue weighted by Gasteiger charge is -2.00. The molecule has 0 bridgehead atoms. The van der Waals surface area contributed by atoms with E-state index in [-0.39, 0.29) is 18.1 Å². The number of rotatable bonds is 3. The van der Waals surface area contributed by atoms with Crippen molar-refractivity contribution in [3.8, 4) is 18.2 Å². The summed E-state index contributed by atoms with van der Waals surface area (Å²) in [5.74, 6) is 1.80. The van der Waals surface area contributed by atoms with Crippen molar-refractivity contribution in [3.63, 3.8) is 0 Å². The molecular weight excluding hydrogens is 406 g/mol. The summed E-state index contributed by atoms with van der Waals surface area (Å²) in [4.78, 5) is 12.1. The Bertz CT molecular complexity index is 1030. The minimum atomic E-state index is -0.538. The normalized spacial score (nSPS) is 11.1. The lowest BCUT2D eigenvalue weighted by atomic mass is 10.2. The van der Waals surface area contributed by atoms with Gasteiger partial charge in [-0.25, -0.2) is 0 Å². The second-order valence-corrected chi connectivity index (χ2v) is 6.49. The molecule has 5 nitrogen and oxygen atoms in total. The molecule has 0 spiro atoms. The summed E-state index contributed by atoms with van der Waals surface area (Å²) < 4.78 is 2.33. The summed E-state index contributed by atoms with van der Waals surface area (Å²) in [6, 6.07) is 11.7. The van der Waals surface area contributed by atoms with Gasteiger partial charge in [-0.15, -0.1) is 16.7 Å². The highest BCUT2D eigenvalue weighted by molar-refractivity contribution is 9.10. The summed E-state index contributed by atoms with van der Waals surface area (Å²) >= 11 is 9.18. The molecule has 124 valence electrons. The molecular formula is C18H11BrClN3O2. The summed E-state index contributed by atoms with van der Waals surface area (Å²) in [5.41, 5.74) is 1.24. The summed E-state index contributed by atoms with van der Waals surface area (Å²) in [6.07, 6.45) is 5.36. The largest absolute Gasteiger partial charge is 0.493 e. The lowest BCUT2D eigenvalue weighted by molar-refractivity contribution is 0.0995. The second-order valence-electron chi connectivity index (χ2n) is 5.14. The molecule has 2 aromatic carbocycles. The number of terminal acetylenes is 1. The Morgan fingerprint density at radius 1 is 1.28 bits per heavy atom. The number of carbonyl (C=O) groups excluding carboxylic acids is 1. The number of aromatic hydroxyl groups is 1. The molecule has 0 aliphatic carbocycles. The van der Waals surface area contributed by atoms with Crippen LogP contribution in [0.1, 0.15) is 10.4 Å². The number of halogens is 2. The number of nitrogens with zero attached hydrogens (tertiary/aromatic N) is 3. The lowest BCUT2D eigenvalue weighted by Crippen LogP contribution is -1.93. The first-order valence-corrected chi connectivity index (χ1v) is 8.34. The van der Waals surface area contributed by atoms with Gasteiger partial charge in [-0.3, -0.25) is 9.36 Å². The van der Waals surface area contributed by atoms with E-state index in [0.29, 0.717) is 21.5 Å². The fraction of sp³-hybridized carbons (Fsp3) is 0.0556. The molecule has 0 atom stereocenters. The summed E-state index contributed by atoms with van der Waals surface area (Å²) in [7, 11) is 0. The number of benzene rings is 2. The summed E-state index contributed by atoms with van der Waals surface area (Å²) in [6.45, 7) is 0.171. The average molecular weight is 417 g/mol. The van der Waals surface area contributed by atoms with Crippen LogP contribution in [0.5, 0.6) is 5.88 Å². The quantitative estimate of drug-likeness (QED) is 0.464. The first-order valence-electron chi connectivity index (χ1n) is 7.17. The maximum Gasteiger partial charge on any atom is 0.295 e. The van der Waals surface area contributed by atoms with Crippen molar-refractivity contribution in [2.24, 2.45) is 10.2 Å². The van der Waals surface area contributed by atoms with Crippen LogP contribution in [0.3, 0.4) is 0 Å². The van der Waals surface area contributed by atoms with Gasteiger partial charge in [-0.2, -0.15) is 0 Å². The zero-order chi connectivity index (χ0) is 18.0. The van der Waals surface area contributed by atoms with Crippen molar-refractivity contribution in [2.75, 3.05) is 0 Å². The SMILES string of the molecule is C#CCn1c(O)c(N=NC(=O)c2ccc(Cl)cc2)c2cc(Br)ccc21. The topological polar surface area (TPSA) is 66.9 Å². The molecule has 1 N–H and O–H groups in total. The van der Waals surface area contributed by atoms with Gasteiger partial charge in [-0.1, -0.05) is 33.5 Å². The van der Waals surface area contributed by atoms with E-state index in [1.807, 2.05) is 6.07 Å². The highest BCUT2D eigenvalue weighted by Crippen LogP contribution is 2.40. The molecule has 0 radical (unpaired) electrons. The van der Waals surface area contributed by atoms with Crippen LogP contribution in [0.4, 0.5) is 5.69 Å². The van der Waals surface area contributed by atoms with Gasteiger partial charge in [0, 0.05) is 20.4 Å². The van der Waals surface area contributed by atoms with Crippen LogP contribution < -0.4 is 0 Å². The number of carbonyl (C=O) groups is 1. The van der Waals surface area contributed by atoms with Crippen molar-refractivity contribution in [3.05, 3.63) is 57.5 Å². The zero-order valence-electron chi connectivity index (χ0n) is 12.8. The third-order valence-corrected chi connectivity index (χ3v) is 4.30. The molecule has 1 aromatic heterocycles. The molecule has 7 heteroatoms. The maximum absolute atomic E-state index is 12.1. The van der Waals surface area contributed by atoms with Crippen molar-refractivity contribution in [1.82, 2.24) is 4.57 Å². The Labute approximate surface area is 157 Å². The molecule has 1 amide bonds. The maximum atomic E-state index is 12.1. The summed E-state index contributed by atoms with van der Waals surface area (Å²) in [5, 5.41) is 19.2. The van der Waals surface area contributed by atoms with Crippen LogP contribution in [0, 0.1) is 12.3 Å². The second kappa shape index (κ2) is 7.09. The number of hydrogen-bond donors (Lipinski definition) is 1. The Balaban J connectivity index is 2.04. The average Bonchev–Trinajstić information content (AvgIpc) is 2.85. The van der Waals surface area contributed by atoms with E-state index < -0.39 is 5.91 Å². The van der Waals surface area contributed by atoms with Crippen molar-refractivity contribution >= 4 is 50.0 Å². The molecule has 0 saturated heterocycles. The molecule has 1 heterocycles.